The van der Waals surface area contributed by atoms with Gasteiger partial charge in [-0.2, -0.15) is 0 Å². The maximum atomic E-state index is 13.6. The molecule has 0 bridgehead atoms. The van der Waals surface area contributed by atoms with Gasteiger partial charge in [0.2, 0.25) is 5.88 Å². The van der Waals surface area contributed by atoms with E-state index in [2.05, 4.69) is 14.8 Å². The molecule has 0 spiro atoms. The molecule has 0 amide bonds. The Labute approximate surface area is 190 Å². The number of benzene rings is 1. The lowest BCUT2D eigenvalue weighted by atomic mass is 10.1. The van der Waals surface area contributed by atoms with E-state index in [9.17, 15) is 9.50 Å². The number of pyridine rings is 1. The van der Waals surface area contributed by atoms with Gasteiger partial charge in [-0.25, -0.2) is 18.9 Å². The van der Waals surface area contributed by atoms with Gasteiger partial charge in [0, 0.05) is 56.1 Å². The maximum Gasteiger partial charge on any atom is 0.213 e. The zero-order valence-electron chi connectivity index (χ0n) is 18.4. The van der Waals surface area contributed by atoms with E-state index in [-0.39, 0.29) is 12.4 Å². The molecule has 170 valence electrons. The van der Waals surface area contributed by atoms with Gasteiger partial charge in [0.05, 0.1) is 19.4 Å². The largest absolute Gasteiger partial charge is 0.481 e. The summed E-state index contributed by atoms with van der Waals surface area (Å²) in [5.74, 6) is 1.05. The normalized spacial score (nSPS) is 14.7. The van der Waals surface area contributed by atoms with Crippen LogP contribution in [-0.4, -0.2) is 76.0 Å². The summed E-state index contributed by atoms with van der Waals surface area (Å²) in [4.78, 5) is 13.5. The predicted molar refractivity (Wildman–Crippen MR) is 124 cm³/mol. The summed E-state index contributed by atoms with van der Waals surface area (Å²) < 4.78 is 20.7. The van der Waals surface area contributed by atoms with Crippen molar-refractivity contribution in [1.29, 1.82) is 0 Å². The van der Waals surface area contributed by atoms with E-state index in [0.717, 1.165) is 48.8 Å². The number of aliphatic hydroxyl groups is 1. The van der Waals surface area contributed by atoms with E-state index >= 15 is 0 Å². The van der Waals surface area contributed by atoms with Gasteiger partial charge in [-0.3, -0.25) is 4.90 Å². The zero-order valence-corrected chi connectivity index (χ0v) is 18.4. The lowest BCUT2D eigenvalue weighted by molar-refractivity contribution is 0.188. The Morgan fingerprint density at radius 1 is 1.00 bits per heavy atom. The van der Waals surface area contributed by atoms with E-state index in [1.54, 1.807) is 25.4 Å². The summed E-state index contributed by atoms with van der Waals surface area (Å²) in [6.45, 7) is 4.27. The molecule has 0 saturated carbocycles. The number of piperazine rings is 1. The summed E-state index contributed by atoms with van der Waals surface area (Å²) in [5.41, 5.74) is 3.85. The SMILES string of the molecule is COc1cc(-c2c(-c3ccc(F)cc3)nc3ccc(N4CCN(CCO)CC4)nn23)ccn1. The molecule has 33 heavy (non-hydrogen) atoms. The number of β-amino-alcohol motifs (C(OH)–C–C–N with tert-alkyl or cyclic N) is 1. The van der Waals surface area contributed by atoms with Crippen LogP contribution in [0.5, 0.6) is 5.88 Å². The van der Waals surface area contributed by atoms with Gasteiger partial charge in [-0.1, -0.05) is 0 Å². The summed E-state index contributed by atoms with van der Waals surface area (Å²) >= 11 is 0. The smallest absolute Gasteiger partial charge is 0.213 e. The minimum atomic E-state index is -0.296. The molecule has 9 heteroatoms. The van der Waals surface area contributed by atoms with E-state index in [0.29, 0.717) is 23.8 Å². The molecular weight excluding hydrogens is 423 g/mol. The van der Waals surface area contributed by atoms with Crippen LogP contribution in [0.25, 0.3) is 28.2 Å². The van der Waals surface area contributed by atoms with Crippen molar-refractivity contribution in [3.05, 3.63) is 60.5 Å². The lowest BCUT2D eigenvalue weighted by Crippen LogP contribution is -2.47. The van der Waals surface area contributed by atoms with Crippen LogP contribution in [0.3, 0.4) is 0 Å². The number of rotatable bonds is 6. The van der Waals surface area contributed by atoms with Crippen LogP contribution in [0.2, 0.25) is 0 Å². The molecule has 5 rings (SSSR count). The number of ether oxygens (including phenoxy) is 1. The van der Waals surface area contributed by atoms with Gasteiger partial charge in [0.15, 0.2) is 5.65 Å². The van der Waals surface area contributed by atoms with E-state index in [4.69, 9.17) is 14.8 Å². The second kappa shape index (κ2) is 9.13. The average Bonchev–Trinajstić information content (AvgIpc) is 3.24. The fourth-order valence-corrected chi connectivity index (χ4v) is 4.17. The van der Waals surface area contributed by atoms with Gasteiger partial charge in [0.25, 0.3) is 0 Å². The Bertz CT molecular complexity index is 1250. The average molecular weight is 449 g/mol. The topological polar surface area (TPSA) is 79.0 Å². The molecule has 8 nitrogen and oxygen atoms in total. The maximum absolute atomic E-state index is 13.6. The summed E-state index contributed by atoms with van der Waals surface area (Å²) in [5, 5.41) is 14.1. The fourth-order valence-electron chi connectivity index (χ4n) is 4.17. The Kier molecular flexibility index (Phi) is 5.89. The fraction of sp³-hybridized carbons (Fsp3) is 0.292. The molecule has 0 aliphatic carbocycles. The number of aliphatic hydroxyl groups excluding tert-OH is 1. The molecule has 1 aromatic carbocycles. The molecule has 3 aromatic heterocycles. The third-order valence-corrected chi connectivity index (χ3v) is 5.91. The number of aromatic nitrogens is 4. The molecule has 1 fully saturated rings. The standard InChI is InChI=1S/C24H25FN6O2/c1-33-22-16-18(8-9-26-22)24-23(17-2-4-19(25)5-3-17)27-20-6-7-21(28-31(20)24)30-12-10-29(11-13-30)14-15-32/h2-9,16,32H,10-15H2,1H3. The van der Waals surface area contributed by atoms with Gasteiger partial charge in [-0.05, 0) is 42.5 Å². The number of halogens is 1. The molecule has 4 heterocycles. The van der Waals surface area contributed by atoms with Crippen LogP contribution >= 0.6 is 0 Å². The van der Waals surface area contributed by atoms with Crippen molar-refractivity contribution in [1.82, 2.24) is 24.5 Å². The van der Waals surface area contributed by atoms with Gasteiger partial charge < -0.3 is 14.7 Å². The number of hydrogen-bond donors (Lipinski definition) is 1. The Hall–Kier alpha value is -3.56. The third-order valence-electron chi connectivity index (χ3n) is 5.91. The van der Waals surface area contributed by atoms with E-state index in [1.807, 2.05) is 28.8 Å². The van der Waals surface area contributed by atoms with Crippen LogP contribution in [0.4, 0.5) is 10.2 Å². The summed E-state index contributed by atoms with van der Waals surface area (Å²) in [6.07, 6.45) is 1.69. The van der Waals surface area contributed by atoms with Crippen LogP contribution in [0.1, 0.15) is 0 Å². The highest BCUT2D eigenvalue weighted by molar-refractivity contribution is 5.82. The molecule has 1 aliphatic heterocycles. The Balaban J connectivity index is 1.61. The highest BCUT2D eigenvalue weighted by Gasteiger charge is 2.21. The van der Waals surface area contributed by atoms with Crippen LogP contribution in [0, 0.1) is 5.82 Å². The highest BCUT2D eigenvalue weighted by Crippen LogP contribution is 2.34. The van der Waals surface area contributed by atoms with Gasteiger partial charge in [-0.15, -0.1) is 5.10 Å². The van der Waals surface area contributed by atoms with Crippen molar-refractivity contribution in [2.24, 2.45) is 0 Å². The zero-order chi connectivity index (χ0) is 22.8. The van der Waals surface area contributed by atoms with Crippen molar-refractivity contribution < 1.29 is 14.2 Å². The van der Waals surface area contributed by atoms with Crippen LogP contribution in [-0.2, 0) is 0 Å². The Morgan fingerprint density at radius 3 is 2.52 bits per heavy atom. The number of fused-ring (bicyclic) bond motifs is 1. The van der Waals surface area contributed by atoms with Crippen molar-refractivity contribution in [2.75, 3.05) is 51.3 Å². The molecule has 1 aliphatic rings. The second-order valence-electron chi connectivity index (χ2n) is 7.92. The number of nitrogens with zero attached hydrogens (tertiary/aromatic N) is 6. The molecule has 1 saturated heterocycles. The van der Waals surface area contributed by atoms with Crippen molar-refractivity contribution >= 4 is 11.5 Å². The van der Waals surface area contributed by atoms with E-state index in [1.165, 1.54) is 12.1 Å². The monoisotopic (exact) mass is 448 g/mol. The Morgan fingerprint density at radius 2 is 1.79 bits per heavy atom. The third kappa shape index (κ3) is 4.24. The first-order chi connectivity index (χ1) is 16.2. The number of anilines is 1. The quantitative estimate of drug-likeness (QED) is 0.486. The van der Waals surface area contributed by atoms with Crippen molar-refractivity contribution in [2.45, 2.75) is 0 Å². The minimum absolute atomic E-state index is 0.171. The first-order valence-electron chi connectivity index (χ1n) is 10.9. The molecule has 1 N–H and O–H groups in total. The first kappa shape index (κ1) is 21.3. The first-order valence-corrected chi connectivity index (χ1v) is 10.9. The lowest BCUT2D eigenvalue weighted by Gasteiger charge is -2.34. The van der Waals surface area contributed by atoms with Gasteiger partial charge >= 0.3 is 0 Å². The second-order valence-corrected chi connectivity index (χ2v) is 7.92. The van der Waals surface area contributed by atoms with Gasteiger partial charge in [0.1, 0.15) is 17.3 Å². The molecule has 0 radical (unpaired) electrons. The van der Waals surface area contributed by atoms with E-state index < -0.39 is 0 Å². The van der Waals surface area contributed by atoms with Crippen LogP contribution in [0.15, 0.2) is 54.7 Å². The highest BCUT2D eigenvalue weighted by atomic mass is 19.1. The number of hydrogen-bond acceptors (Lipinski definition) is 7. The summed E-state index contributed by atoms with van der Waals surface area (Å²) in [6, 6.07) is 14.0. The predicted octanol–water partition coefficient (Wildman–Crippen LogP) is 2.72. The molecule has 0 atom stereocenters. The van der Waals surface area contributed by atoms with Crippen LogP contribution < -0.4 is 9.64 Å². The molecule has 4 aromatic rings. The van der Waals surface area contributed by atoms with Crippen molar-refractivity contribution in [3.8, 4) is 28.4 Å². The number of methoxy groups -OCH3 is 1. The van der Waals surface area contributed by atoms with Crippen molar-refractivity contribution in [3.63, 3.8) is 0 Å². The minimum Gasteiger partial charge on any atom is -0.481 e. The summed E-state index contributed by atoms with van der Waals surface area (Å²) in [7, 11) is 1.58. The molecule has 0 unspecified atom stereocenters. The molecular formula is C24H25FN6O2. The number of imidazole rings is 1.